The van der Waals surface area contributed by atoms with Crippen molar-refractivity contribution in [1.82, 2.24) is 9.97 Å². The van der Waals surface area contributed by atoms with E-state index >= 15 is 0 Å². The summed E-state index contributed by atoms with van der Waals surface area (Å²) in [7, 11) is 1.08. The minimum Gasteiger partial charge on any atom is -0.468 e. The molecule has 2 N–H and O–H groups in total. The normalized spacial score (nSPS) is 11.7. The van der Waals surface area contributed by atoms with Gasteiger partial charge in [0.15, 0.2) is 0 Å². The summed E-state index contributed by atoms with van der Waals surface area (Å²) in [5, 5.41) is 2.77. The van der Waals surface area contributed by atoms with Crippen LogP contribution in [0, 0.1) is 5.92 Å². The Balaban J connectivity index is 1.89. The number of halogens is 2. The molecule has 154 valence electrons. The number of fused-ring (bicyclic) bond motifs is 1. The molecular weight excluding hydrogens is 433 g/mol. The summed E-state index contributed by atoms with van der Waals surface area (Å²) in [6.07, 6.45) is -0.414. The molecule has 30 heavy (non-hydrogen) atoms. The van der Waals surface area contributed by atoms with E-state index in [1.807, 2.05) is 0 Å². The minimum atomic E-state index is -1.57. The van der Waals surface area contributed by atoms with Crippen molar-refractivity contribution in [1.29, 1.82) is 0 Å². The minimum absolute atomic E-state index is 0.0777. The largest absolute Gasteiger partial charge is 0.468 e. The van der Waals surface area contributed by atoms with E-state index in [-0.39, 0.29) is 16.4 Å². The Morgan fingerprint density at radius 2 is 1.90 bits per heavy atom. The second-order valence-corrected chi connectivity index (χ2v) is 7.10. The number of methoxy groups -OCH3 is 1. The average molecular weight is 448 g/mol. The van der Waals surface area contributed by atoms with Crippen LogP contribution >= 0.6 is 23.2 Å². The predicted molar refractivity (Wildman–Crippen MR) is 112 cm³/mol. The molecule has 0 saturated heterocycles. The van der Waals surface area contributed by atoms with E-state index in [0.29, 0.717) is 16.1 Å². The van der Waals surface area contributed by atoms with Crippen molar-refractivity contribution >= 4 is 57.6 Å². The maximum atomic E-state index is 12.7. The molecule has 8 nitrogen and oxygen atoms in total. The van der Waals surface area contributed by atoms with Crippen LogP contribution < -0.4 is 10.9 Å². The summed E-state index contributed by atoms with van der Waals surface area (Å²) in [6, 6.07) is 11.1. The van der Waals surface area contributed by atoms with Crippen molar-refractivity contribution < 1.29 is 19.1 Å². The molecule has 3 rings (SSSR count). The molecule has 0 unspecified atom stereocenters. The molecule has 0 aliphatic rings. The molecule has 1 atom stereocenters. The van der Waals surface area contributed by atoms with Gasteiger partial charge in [-0.15, -0.1) is 0 Å². The number of hydrogen-bond donors (Lipinski definition) is 2. The molecule has 0 fully saturated rings. The Hall–Kier alpha value is -3.23. The molecule has 1 heterocycles. The second-order valence-electron chi connectivity index (χ2n) is 6.25. The van der Waals surface area contributed by atoms with Gasteiger partial charge in [-0.25, -0.2) is 4.98 Å². The van der Waals surface area contributed by atoms with Crippen LogP contribution in [0.3, 0.4) is 0 Å². The van der Waals surface area contributed by atoms with Crippen LogP contribution in [-0.2, 0) is 25.5 Å². The van der Waals surface area contributed by atoms with E-state index in [0.717, 1.165) is 7.11 Å². The van der Waals surface area contributed by atoms with Gasteiger partial charge in [0.25, 0.3) is 11.5 Å². The number of Topliss-reactive ketones (excluding diaryl/α,β-unsaturated/α-hetero) is 1. The number of H-pyrrole nitrogens is 1. The number of benzene rings is 2. The van der Waals surface area contributed by atoms with E-state index in [1.165, 1.54) is 18.2 Å². The van der Waals surface area contributed by atoms with Crippen molar-refractivity contribution in [3.05, 3.63) is 68.6 Å². The molecule has 2 aromatic carbocycles. The molecule has 0 aliphatic heterocycles. The summed E-state index contributed by atoms with van der Waals surface area (Å²) in [5.41, 5.74) is 0.423. The van der Waals surface area contributed by atoms with Crippen molar-refractivity contribution in [2.24, 2.45) is 5.92 Å². The number of nitrogens with zero attached hydrogens (tertiary/aromatic N) is 1. The van der Waals surface area contributed by atoms with Gasteiger partial charge >= 0.3 is 5.97 Å². The first-order valence-electron chi connectivity index (χ1n) is 8.66. The number of aromatic amines is 1. The second kappa shape index (κ2) is 9.06. The highest BCUT2D eigenvalue weighted by Crippen LogP contribution is 2.25. The third-order valence-electron chi connectivity index (χ3n) is 4.27. The Morgan fingerprint density at radius 3 is 2.63 bits per heavy atom. The highest BCUT2D eigenvalue weighted by atomic mass is 35.5. The van der Waals surface area contributed by atoms with Gasteiger partial charge in [0.05, 0.1) is 28.9 Å². The summed E-state index contributed by atoms with van der Waals surface area (Å²) in [4.78, 5) is 56.5. The summed E-state index contributed by atoms with van der Waals surface area (Å²) in [5.74, 6) is -4.75. The number of esters is 1. The summed E-state index contributed by atoms with van der Waals surface area (Å²) >= 11 is 11.9. The number of amides is 1. The number of carbonyl (C=O) groups is 3. The first-order valence-corrected chi connectivity index (χ1v) is 9.41. The zero-order valence-electron chi connectivity index (χ0n) is 15.6. The van der Waals surface area contributed by atoms with Crippen LogP contribution in [0.25, 0.3) is 11.0 Å². The lowest BCUT2D eigenvalue weighted by molar-refractivity contribution is -0.152. The number of para-hydroxylation sites is 2. The molecule has 10 heteroatoms. The number of aromatic nitrogens is 2. The van der Waals surface area contributed by atoms with E-state index in [2.05, 4.69) is 20.0 Å². The highest BCUT2D eigenvalue weighted by molar-refractivity contribution is 6.45. The fraction of sp³-hybridized carbons (Fsp3) is 0.150. The Kier molecular flexibility index (Phi) is 6.49. The van der Waals surface area contributed by atoms with Crippen molar-refractivity contribution in [2.75, 3.05) is 12.4 Å². The van der Waals surface area contributed by atoms with E-state index in [1.54, 1.807) is 24.3 Å². The Bertz CT molecular complexity index is 1210. The predicted octanol–water partition coefficient (Wildman–Crippen LogP) is 2.77. The van der Waals surface area contributed by atoms with Gasteiger partial charge < -0.3 is 15.0 Å². The van der Waals surface area contributed by atoms with Crippen LogP contribution in [0.1, 0.15) is 5.69 Å². The molecular formula is C20H15Cl2N3O5. The first-order chi connectivity index (χ1) is 14.3. The quantitative estimate of drug-likeness (QED) is 0.340. The average Bonchev–Trinajstić information content (AvgIpc) is 2.73. The van der Waals surface area contributed by atoms with Crippen molar-refractivity contribution in [2.45, 2.75) is 6.42 Å². The molecule has 0 spiro atoms. The fourth-order valence-corrected chi connectivity index (χ4v) is 3.10. The molecule has 0 saturated carbocycles. The van der Waals surface area contributed by atoms with Crippen LogP contribution in [-0.4, -0.2) is 34.7 Å². The first kappa shape index (κ1) is 21.5. The number of ketones is 1. The maximum absolute atomic E-state index is 12.7. The Labute approximate surface area is 180 Å². The van der Waals surface area contributed by atoms with Gasteiger partial charge in [-0.2, -0.15) is 0 Å². The standard InChI is InChI=1S/C20H15Cl2N3O5/c1-30-20(29)11(9-16-18(27)24-14-5-3-2-4-13(14)23-16)17(26)19(28)25-15-8-10(21)6-7-12(15)22/h2-8,11H,9H2,1H3,(H,24,27)(H,25,28)/t11-/m1/s1. The zero-order chi connectivity index (χ0) is 21.8. The SMILES string of the molecule is COC(=O)[C@H](Cc1nc2ccccc2[nH]c1=O)C(=O)C(=O)Nc1cc(Cl)ccc1Cl. The lowest BCUT2D eigenvalue weighted by Gasteiger charge is -2.14. The van der Waals surface area contributed by atoms with Gasteiger partial charge in [0.2, 0.25) is 5.78 Å². The maximum Gasteiger partial charge on any atom is 0.317 e. The molecule has 3 aromatic rings. The fourth-order valence-electron chi connectivity index (χ4n) is 2.76. The molecule has 0 aliphatic carbocycles. The van der Waals surface area contributed by atoms with Gasteiger partial charge in [0.1, 0.15) is 11.6 Å². The summed E-state index contributed by atoms with van der Waals surface area (Å²) in [6.45, 7) is 0. The molecule has 0 radical (unpaired) electrons. The summed E-state index contributed by atoms with van der Waals surface area (Å²) < 4.78 is 4.65. The number of anilines is 1. The molecule has 1 amide bonds. The van der Waals surface area contributed by atoms with E-state index in [9.17, 15) is 19.2 Å². The third kappa shape index (κ3) is 4.67. The van der Waals surface area contributed by atoms with Crippen molar-refractivity contribution in [3.8, 4) is 0 Å². The smallest absolute Gasteiger partial charge is 0.317 e. The number of rotatable bonds is 6. The number of carbonyl (C=O) groups excluding carboxylic acids is 3. The van der Waals surface area contributed by atoms with Crippen LogP contribution in [0.2, 0.25) is 10.0 Å². The monoisotopic (exact) mass is 447 g/mol. The van der Waals surface area contributed by atoms with Gasteiger partial charge in [-0.1, -0.05) is 35.3 Å². The topological polar surface area (TPSA) is 118 Å². The van der Waals surface area contributed by atoms with Crippen LogP contribution in [0.15, 0.2) is 47.3 Å². The van der Waals surface area contributed by atoms with Crippen LogP contribution in [0.5, 0.6) is 0 Å². The van der Waals surface area contributed by atoms with E-state index < -0.39 is 35.6 Å². The van der Waals surface area contributed by atoms with Gasteiger partial charge in [0, 0.05) is 11.4 Å². The van der Waals surface area contributed by atoms with Gasteiger partial charge in [-0.3, -0.25) is 19.2 Å². The lowest BCUT2D eigenvalue weighted by atomic mass is 9.97. The number of hydrogen-bond acceptors (Lipinski definition) is 6. The lowest BCUT2D eigenvalue weighted by Crippen LogP contribution is -2.37. The molecule has 1 aromatic heterocycles. The zero-order valence-corrected chi connectivity index (χ0v) is 17.1. The Morgan fingerprint density at radius 1 is 1.17 bits per heavy atom. The highest BCUT2D eigenvalue weighted by Gasteiger charge is 2.34. The third-order valence-corrected chi connectivity index (χ3v) is 4.83. The van der Waals surface area contributed by atoms with Crippen LogP contribution in [0.4, 0.5) is 5.69 Å². The van der Waals surface area contributed by atoms with Crippen molar-refractivity contribution in [3.63, 3.8) is 0 Å². The number of nitrogens with one attached hydrogen (secondary N) is 2. The number of ether oxygens (including phenoxy) is 1. The molecule has 0 bridgehead atoms. The van der Waals surface area contributed by atoms with Gasteiger partial charge in [-0.05, 0) is 30.3 Å². The van der Waals surface area contributed by atoms with E-state index in [4.69, 9.17) is 23.2 Å².